The third kappa shape index (κ3) is 4.34. The van der Waals surface area contributed by atoms with Crippen molar-refractivity contribution in [1.29, 1.82) is 0 Å². The Kier molecular flexibility index (Phi) is 5.18. The fraction of sp³-hybridized carbons (Fsp3) is 0.588. The van der Waals surface area contributed by atoms with Gasteiger partial charge in [0.15, 0.2) is 0 Å². The third-order valence-electron chi connectivity index (χ3n) is 3.80. The van der Waals surface area contributed by atoms with Gasteiger partial charge in [0, 0.05) is 39.1 Å². The Hall–Kier alpha value is -1.35. The van der Waals surface area contributed by atoms with Crippen LogP contribution in [0.1, 0.15) is 31.4 Å². The molecule has 0 N–H and O–H groups in total. The molecular weight excluding hydrogens is 248 g/mol. The first kappa shape index (κ1) is 15.0. The summed E-state index contributed by atoms with van der Waals surface area (Å²) in [5.41, 5.74) is 2.68. The van der Waals surface area contributed by atoms with Crippen molar-refractivity contribution in [2.75, 3.05) is 26.2 Å². The Balaban J connectivity index is 1.81. The fourth-order valence-corrected chi connectivity index (χ4v) is 2.70. The van der Waals surface area contributed by atoms with Crippen molar-refractivity contribution >= 4 is 5.91 Å². The van der Waals surface area contributed by atoms with Crippen molar-refractivity contribution in [1.82, 2.24) is 9.80 Å². The molecule has 1 aromatic carbocycles. The maximum atomic E-state index is 12.0. The van der Waals surface area contributed by atoms with E-state index < -0.39 is 0 Å². The van der Waals surface area contributed by atoms with Gasteiger partial charge in [0.05, 0.1) is 0 Å². The highest BCUT2D eigenvalue weighted by molar-refractivity contribution is 5.76. The van der Waals surface area contributed by atoms with Crippen LogP contribution in [0.3, 0.4) is 0 Å². The number of rotatable bonds is 4. The van der Waals surface area contributed by atoms with Gasteiger partial charge >= 0.3 is 0 Å². The minimum absolute atomic E-state index is 0.315. The molecule has 0 spiro atoms. The van der Waals surface area contributed by atoms with Crippen LogP contribution in [-0.2, 0) is 11.3 Å². The van der Waals surface area contributed by atoms with E-state index in [0.29, 0.717) is 18.2 Å². The number of nitrogens with zero attached hydrogens (tertiary/aromatic N) is 2. The van der Waals surface area contributed by atoms with Gasteiger partial charge in [-0.05, 0) is 18.4 Å². The van der Waals surface area contributed by atoms with Gasteiger partial charge in [-0.15, -0.1) is 0 Å². The van der Waals surface area contributed by atoms with E-state index in [0.717, 1.165) is 32.7 Å². The Morgan fingerprint density at radius 1 is 1.20 bits per heavy atom. The summed E-state index contributed by atoms with van der Waals surface area (Å²) >= 11 is 0. The molecule has 20 heavy (non-hydrogen) atoms. The summed E-state index contributed by atoms with van der Waals surface area (Å²) in [6.45, 7) is 11.0. The van der Waals surface area contributed by atoms with E-state index in [-0.39, 0.29) is 0 Å². The van der Waals surface area contributed by atoms with E-state index in [4.69, 9.17) is 0 Å². The molecule has 1 fully saturated rings. The topological polar surface area (TPSA) is 23.6 Å². The largest absolute Gasteiger partial charge is 0.340 e. The zero-order chi connectivity index (χ0) is 14.5. The lowest BCUT2D eigenvalue weighted by molar-refractivity contribution is -0.133. The van der Waals surface area contributed by atoms with Crippen molar-refractivity contribution in [3.8, 4) is 0 Å². The molecule has 0 radical (unpaired) electrons. The first-order chi connectivity index (χ1) is 9.54. The van der Waals surface area contributed by atoms with Gasteiger partial charge < -0.3 is 4.90 Å². The van der Waals surface area contributed by atoms with E-state index in [2.05, 4.69) is 49.9 Å². The van der Waals surface area contributed by atoms with E-state index in [9.17, 15) is 4.79 Å². The lowest BCUT2D eigenvalue weighted by atomic mass is 10.1. The molecule has 0 unspecified atom stereocenters. The number of hydrogen-bond acceptors (Lipinski definition) is 2. The molecule has 3 nitrogen and oxygen atoms in total. The number of aryl methyl sites for hydroxylation is 1. The quantitative estimate of drug-likeness (QED) is 0.843. The smallest absolute Gasteiger partial charge is 0.222 e. The van der Waals surface area contributed by atoms with Crippen LogP contribution in [0.15, 0.2) is 24.3 Å². The zero-order valence-electron chi connectivity index (χ0n) is 12.9. The summed E-state index contributed by atoms with van der Waals surface area (Å²) in [7, 11) is 0. The van der Waals surface area contributed by atoms with Crippen molar-refractivity contribution in [3.63, 3.8) is 0 Å². The van der Waals surface area contributed by atoms with Gasteiger partial charge in [0.1, 0.15) is 0 Å². The Labute approximate surface area is 122 Å². The molecule has 1 aliphatic heterocycles. The van der Waals surface area contributed by atoms with E-state index in [1.165, 1.54) is 11.1 Å². The van der Waals surface area contributed by atoms with Gasteiger partial charge in [-0.25, -0.2) is 0 Å². The molecule has 1 aromatic rings. The summed E-state index contributed by atoms with van der Waals surface area (Å²) in [6.07, 6.45) is 0.678. The number of carbonyl (C=O) groups is 1. The Morgan fingerprint density at radius 2 is 1.90 bits per heavy atom. The predicted octanol–water partition coefficient (Wildman–Crippen LogP) is 2.69. The number of hydrogen-bond donors (Lipinski definition) is 0. The predicted molar refractivity (Wildman–Crippen MR) is 82.5 cm³/mol. The molecule has 1 aliphatic rings. The van der Waals surface area contributed by atoms with Crippen LogP contribution in [-0.4, -0.2) is 41.9 Å². The lowest BCUT2D eigenvalue weighted by Crippen LogP contribution is -2.48. The van der Waals surface area contributed by atoms with E-state index >= 15 is 0 Å². The molecule has 1 heterocycles. The van der Waals surface area contributed by atoms with Crippen LogP contribution in [0, 0.1) is 12.8 Å². The van der Waals surface area contributed by atoms with Crippen LogP contribution in [0.2, 0.25) is 0 Å². The molecule has 3 heteroatoms. The van der Waals surface area contributed by atoms with Gasteiger partial charge in [0.25, 0.3) is 0 Å². The second-order valence-corrected chi connectivity index (χ2v) is 6.24. The van der Waals surface area contributed by atoms with Gasteiger partial charge in [-0.2, -0.15) is 0 Å². The maximum absolute atomic E-state index is 12.0. The average Bonchev–Trinajstić information content (AvgIpc) is 2.38. The van der Waals surface area contributed by atoms with Crippen LogP contribution in [0.5, 0.6) is 0 Å². The highest BCUT2D eigenvalue weighted by Crippen LogP contribution is 2.12. The Bertz CT molecular complexity index is 448. The molecular formula is C17H26N2O. The molecule has 0 aromatic heterocycles. The first-order valence-electron chi connectivity index (χ1n) is 7.60. The summed E-state index contributed by atoms with van der Waals surface area (Å²) in [5, 5.41) is 0. The second-order valence-electron chi connectivity index (χ2n) is 6.24. The zero-order valence-corrected chi connectivity index (χ0v) is 12.9. The Morgan fingerprint density at radius 3 is 2.50 bits per heavy atom. The van der Waals surface area contributed by atoms with Crippen molar-refractivity contribution in [2.24, 2.45) is 5.92 Å². The number of carbonyl (C=O) groups excluding carboxylic acids is 1. The highest BCUT2D eigenvalue weighted by atomic mass is 16.2. The molecule has 0 aliphatic carbocycles. The molecule has 1 amide bonds. The minimum Gasteiger partial charge on any atom is -0.340 e. The molecule has 0 atom stereocenters. The highest BCUT2D eigenvalue weighted by Gasteiger charge is 2.21. The molecule has 2 rings (SSSR count). The van der Waals surface area contributed by atoms with Crippen LogP contribution < -0.4 is 0 Å². The maximum Gasteiger partial charge on any atom is 0.222 e. The summed E-state index contributed by atoms with van der Waals surface area (Å²) < 4.78 is 0. The van der Waals surface area contributed by atoms with Gasteiger partial charge in [-0.3, -0.25) is 9.69 Å². The monoisotopic (exact) mass is 274 g/mol. The van der Waals surface area contributed by atoms with Crippen molar-refractivity contribution < 1.29 is 4.79 Å². The van der Waals surface area contributed by atoms with Crippen LogP contribution in [0.25, 0.3) is 0 Å². The average molecular weight is 274 g/mol. The SMILES string of the molecule is Cc1cccc(CN2CCN(C(=O)CC(C)C)CC2)c1. The normalized spacial score (nSPS) is 16.7. The van der Waals surface area contributed by atoms with E-state index in [1.807, 2.05) is 4.90 Å². The van der Waals surface area contributed by atoms with Crippen molar-refractivity contribution in [2.45, 2.75) is 33.7 Å². The standard InChI is InChI=1S/C17H26N2O/c1-14(2)11-17(20)19-9-7-18(8-10-19)13-16-6-4-5-15(3)12-16/h4-6,12,14H,7-11,13H2,1-3H3. The lowest BCUT2D eigenvalue weighted by Gasteiger charge is -2.35. The van der Waals surface area contributed by atoms with E-state index in [1.54, 1.807) is 0 Å². The molecule has 0 saturated carbocycles. The van der Waals surface area contributed by atoms with Crippen LogP contribution >= 0.6 is 0 Å². The van der Waals surface area contributed by atoms with Gasteiger partial charge in [0.2, 0.25) is 5.91 Å². The summed E-state index contributed by atoms with van der Waals surface area (Å²) in [6, 6.07) is 8.68. The molecule has 1 saturated heterocycles. The number of benzene rings is 1. The fourth-order valence-electron chi connectivity index (χ4n) is 2.70. The summed E-state index contributed by atoms with van der Waals surface area (Å²) in [5.74, 6) is 0.767. The number of piperazine rings is 1. The van der Waals surface area contributed by atoms with Crippen LogP contribution in [0.4, 0.5) is 0 Å². The number of amides is 1. The van der Waals surface area contributed by atoms with Crippen molar-refractivity contribution in [3.05, 3.63) is 35.4 Å². The minimum atomic E-state index is 0.315. The molecule has 0 bridgehead atoms. The van der Waals surface area contributed by atoms with Gasteiger partial charge in [-0.1, -0.05) is 43.7 Å². The summed E-state index contributed by atoms with van der Waals surface area (Å²) in [4.78, 5) is 16.5. The third-order valence-corrected chi connectivity index (χ3v) is 3.80. The molecule has 110 valence electrons. The second kappa shape index (κ2) is 6.89. The first-order valence-corrected chi connectivity index (χ1v) is 7.60.